The van der Waals surface area contributed by atoms with Crippen LogP contribution in [-0.2, 0) is 0 Å². The molecule has 108 valence electrons. The third kappa shape index (κ3) is 3.25. The van der Waals surface area contributed by atoms with Gasteiger partial charge >= 0.3 is 0 Å². The van der Waals surface area contributed by atoms with Crippen LogP contribution in [0.15, 0.2) is 40.9 Å². The molecule has 0 radical (unpaired) electrons. The van der Waals surface area contributed by atoms with Crippen molar-refractivity contribution in [3.05, 3.63) is 67.9 Å². The van der Waals surface area contributed by atoms with Gasteiger partial charge in [0.05, 0.1) is 10.5 Å². The van der Waals surface area contributed by atoms with Crippen LogP contribution in [0.25, 0.3) is 0 Å². The maximum Gasteiger partial charge on any atom is 0.272 e. The largest absolute Gasteiger partial charge is 0.322 e. The molecule has 0 aliphatic rings. The van der Waals surface area contributed by atoms with E-state index in [4.69, 9.17) is 0 Å². The Labute approximate surface area is 128 Å². The van der Waals surface area contributed by atoms with E-state index in [2.05, 4.69) is 21.2 Å². The number of nitrogens with one attached hydrogen (secondary N) is 1. The minimum atomic E-state index is -0.652. The summed E-state index contributed by atoms with van der Waals surface area (Å²) in [6.07, 6.45) is 0. The number of carbonyl (C=O) groups excluding carboxylic acids is 1. The Kier molecular flexibility index (Phi) is 4.32. The van der Waals surface area contributed by atoms with E-state index in [-0.39, 0.29) is 11.3 Å². The lowest BCUT2D eigenvalue weighted by molar-refractivity contribution is -0.385. The number of nitrogens with zero attached hydrogens (tertiary/aromatic N) is 1. The number of rotatable bonds is 3. The second-order valence-electron chi connectivity index (χ2n) is 4.31. The Hall–Kier alpha value is -2.28. The molecule has 7 heteroatoms. The lowest BCUT2D eigenvalue weighted by Gasteiger charge is -2.08. The highest BCUT2D eigenvalue weighted by Gasteiger charge is 2.17. The third-order valence-electron chi connectivity index (χ3n) is 2.84. The fourth-order valence-electron chi connectivity index (χ4n) is 1.85. The number of benzene rings is 2. The van der Waals surface area contributed by atoms with E-state index in [0.29, 0.717) is 15.7 Å². The van der Waals surface area contributed by atoms with Crippen LogP contribution in [0.1, 0.15) is 15.9 Å². The molecule has 2 rings (SSSR count). The molecule has 0 spiro atoms. The van der Waals surface area contributed by atoms with E-state index in [1.807, 2.05) is 0 Å². The first-order chi connectivity index (χ1) is 9.90. The molecule has 0 fully saturated rings. The maximum absolute atomic E-state index is 13.7. The molecule has 0 aliphatic carbocycles. The van der Waals surface area contributed by atoms with Crippen molar-refractivity contribution in [3.8, 4) is 0 Å². The van der Waals surface area contributed by atoms with Crippen molar-refractivity contribution in [2.24, 2.45) is 0 Å². The number of aryl methyl sites for hydroxylation is 1. The van der Waals surface area contributed by atoms with Gasteiger partial charge in [-0.2, -0.15) is 0 Å². The van der Waals surface area contributed by atoms with Crippen LogP contribution in [0.2, 0.25) is 0 Å². The van der Waals surface area contributed by atoms with E-state index in [1.54, 1.807) is 13.0 Å². The van der Waals surface area contributed by atoms with E-state index >= 15 is 0 Å². The van der Waals surface area contributed by atoms with Crippen molar-refractivity contribution in [3.63, 3.8) is 0 Å². The summed E-state index contributed by atoms with van der Waals surface area (Å²) in [4.78, 5) is 22.3. The summed E-state index contributed by atoms with van der Waals surface area (Å²) in [5.74, 6) is -1.28. The monoisotopic (exact) mass is 352 g/mol. The molecule has 0 atom stereocenters. The van der Waals surface area contributed by atoms with Gasteiger partial charge in [0.25, 0.3) is 11.6 Å². The lowest BCUT2D eigenvalue weighted by Crippen LogP contribution is -2.14. The number of anilines is 1. The van der Waals surface area contributed by atoms with Crippen LogP contribution >= 0.6 is 15.9 Å². The summed E-state index contributed by atoms with van der Waals surface area (Å²) in [5, 5.41) is 13.2. The molecule has 0 aliphatic heterocycles. The molecule has 0 bridgehead atoms. The molecule has 0 aromatic heterocycles. The first-order valence-electron chi connectivity index (χ1n) is 5.90. The van der Waals surface area contributed by atoms with Crippen molar-refractivity contribution < 1.29 is 14.1 Å². The highest BCUT2D eigenvalue weighted by Crippen LogP contribution is 2.24. The Morgan fingerprint density at radius 2 is 2.05 bits per heavy atom. The van der Waals surface area contributed by atoms with Gasteiger partial charge in [-0.15, -0.1) is 0 Å². The first-order valence-corrected chi connectivity index (χ1v) is 6.70. The highest BCUT2D eigenvalue weighted by atomic mass is 79.9. The van der Waals surface area contributed by atoms with E-state index < -0.39 is 16.6 Å². The molecule has 0 saturated carbocycles. The predicted molar refractivity (Wildman–Crippen MR) is 79.9 cm³/mol. The second kappa shape index (κ2) is 6.01. The summed E-state index contributed by atoms with van der Waals surface area (Å²) in [5.41, 5.74) is 0.609. The summed E-state index contributed by atoms with van der Waals surface area (Å²) >= 11 is 3.12. The van der Waals surface area contributed by atoms with Gasteiger partial charge in [0, 0.05) is 21.8 Å². The molecule has 2 aromatic rings. The van der Waals surface area contributed by atoms with Crippen molar-refractivity contribution >= 4 is 33.2 Å². The van der Waals surface area contributed by atoms with E-state index in [1.165, 1.54) is 30.3 Å². The summed E-state index contributed by atoms with van der Waals surface area (Å²) in [6, 6.07) is 8.37. The Balaban J connectivity index is 2.28. The van der Waals surface area contributed by atoms with Gasteiger partial charge in [-0.1, -0.05) is 6.07 Å². The van der Waals surface area contributed by atoms with Crippen molar-refractivity contribution in [2.45, 2.75) is 6.92 Å². The predicted octanol–water partition coefficient (Wildman–Crippen LogP) is 4.06. The third-order valence-corrected chi connectivity index (χ3v) is 3.50. The van der Waals surface area contributed by atoms with Crippen molar-refractivity contribution in [1.82, 2.24) is 0 Å². The van der Waals surface area contributed by atoms with E-state index in [0.717, 1.165) is 0 Å². The molecule has 1 amide bonds. The van der Waals surface area contributed by atoms with Crippen LogP contribution in [0, 0.1) is 22.9 Å². The summed E-state index contributed by atoms with van der Waals surface area (Å²) in [6.45, 7) is 1.56. The molecule has 0 unspecified atom stereocenters. The van der Waals surface area contributed by atoms with Gasteiger partial charge in [0.15, 0.2) is 0 Å². The number of hydrogen-bond donors (Lipinski definition) is 1. The van der Waals surface area contributed by atoms with Crippen molar-refractivity contribution in [1.29, 1.82) is 0 Å². The van der Waals surface area contributed by atoms with Gasteiger partial charge in [0.1, 0.15) is 5.82 Å². The van der Waals surface area contributed by atoms with Crippen LogP contribution in [0.4, 0.5) is 15.8 Å². The standard InChI is InChI=1S/C14H10BrFN2O3/c1-8-7-9(5-6-12(8)18(20)21)17-14(19)13-10(15)3-2-4-11(13)16/h2-7H,1H3,(H,17,19). The molecule has 0 heterocycles. The molecular weight excluding hydrogens is 343 g/mol. The summed E-state index contributed by atoms with van der Waals surface area (Å²) in [7, 11) is 0. The van der Waals surface area contributed by atoms with E-state index in [9.17, 15) is 19.3 Å². The number of nitro benzene ring substituents is 1. The molecule has 21 heavy (non-hydrogen) atoms. The zero-order valence-corrected chi connectivity index (χ0v) is 12.5. The number of nitro groups is 1. The number of halogens is 2. The topological polar surface area (TPSA) is 72.2 Å². The summed E-state index contributed by atoms with van der Waals surface area (Å²) < 4.78 is 14.0. The van der Waals surface area contributed by atoms with Crippen LogP contribution in [-0.4, -0.2) is 10.8 Å². The number of hydrogen-bond acceptors (Lipinski definition) is 3. The van der Waals surface area contributed by atoms with Gasteiger partial charge in [-0.3, -0.25) is 14.9 Å². The minimum absolute atomic E-state index is 0.0416. The maximum atomic E-state index is 13.7. The zero-order valence-electron chi connectivity index (χ0n) is 10.9. The quantitative estimate of drug-likeness (QED) is 0.668. The Morgan fingerprint density at radius 1 is 1.33 bits per heavy atom. The molecule has 5 nitrogen and oxygen atoms in total. The number of amides is 1. The minimum Gasteiger partial charge on any atom is -0.322 e. The van der Waals surface area contributed by atoms with Gasteiger partial charge in [-0.05, 0) is 47.1 Å². The van der Waals surface area contributed by atoms with Gasteiger partial charge < -0.3 is 5.32 Å². The fourth-order valence-corrected chi connectivity index (χ4v) is 2.37. The molecule has 2 aromatic carbocycles. The molecule has 1 N–H and O–H groups in total. The Morgan fingerprint density at radius 3 is 2.62 bits per heavy atom. The SMILES string of the molecule is Cc1cc(NC(=O)c2c(F)cccc2Br)ccc1[N+](=O)[O-]. The highest BCUT2D eigenvalue weighted by molar-refractivity contribution is 9.10. The number of carbonyl (C=O) groups is 1. The average molecular weight is 353 g/mol. The lowest BCUT2D eigenvalue weighted by atomic mass is 10.1. The van der Waals surface area contributed by atoms with Crippen LogP contribution in [0.3, 0.4) is 0 Å². The molecule has 0 saturated heterocycles. The average Bonchev–Trinajstić information content (AvgIpc) is 2.37. The van der Waals surface area contributed by atoms with Crippen LogP contribution < -0.4 is 5.32 Å². The zero-order chi connectivity index (χ0) is 15.6. The fraction of sp³-hybridized carbons (Fsp3) is 0.0714. The van der Waals surface area contributed by atoms with Crippen molar-refractivity contribution in [2.75, 3.05) is 5.32 Å². The first kappa shape index (κ1) is 15.1. The normalized spacial score (nSPS) is 10.2. The molecular formula is C14H10BrFN2O3. The van der Waals surface area contributed by atoms with Gasteiger partial charge in [-0.25, -0.2) is 4.39 Å². The van der Waals surface area contributed by atoms with Gasteiger partial charge in [0.2, 0.25) is 0 Å². The Bertz CT molecular complexity index is 714. The second-order valence-corrected chi connectivity index (χ2v) is 5.16. The van der Waals surface area contributed by atoms with Crippen LogP contribution in [0.5, 0.6) is 0 Å². The smallest absolute Gasteiger partial charge is 0.272 e.